The number of aromatic nitrogens is 1. The average Bonchev–Trinajstić information content (AvgIpc) is 2.61. The van der Waals surface area contributed by atoms with Gasteiger partial charge in [-0.2, -0.15) is 0 Å². The Morgan fingerprint density at radius 2 is 1.88 bits per heavy atom. The molecule has 4 heteroatoms. The molecule has 1 N–H and O–H groups in total. The molecule has 0 radical (unpaired) electrons. The highest BCUT2D eigenvalue weighted by atomic mass is 19.1. The van der Waals surface area contributed by atoms with E-state index in [4.69, 9.17) is 4.42 Å². The Kier molecular flexibility index (Phi) is 2.64. The van der Waals surface area contributed by atoms with Crippen LogP contribution in [0.4, 0.5) is 4.39 Å². The molecule has 1 aromatic heterocycles. The van der Waals surface area contributed by atoms with Gasteiger partial charge in [-0.15, -0.1) is 0 Å². The summed E-state index contributed by atoms with van der Waals surface area (Å²) in [6, 6.07) is 5.93. The Bertz CT molecular complexity index is 537. The van der Waals surface area contributed by atoms with Crippen LogP contribution in [0.15, 0.2) is 33.5 Å². The van der Waals surface area contributed by atoms with E-state index in [1.807, 2.05) is 13.8 Å². The third-order valence-electron chi connectivity index (χ3n) is 2.33. The normalized spacial score (nSPS) is 11.0. The van der Waals surface area contributed by atoms with Crippen LogP contribution in [-0.2, 0) is 0 Å². The standard InChI is InChI=1S/C12H12FNO2/c1-7(2)11-10(14-12(15)16-11)8-3-5-9(13)6-4-8/h3-7H,1-2H3,(H,14,15). The summed E-state index contributed by atoms with van der Waals surface area (Å²) >= 11 is 0. The lowest BCUT2D eigenvalue weighted by Crippen LogP contribution is -1.94. The first-order valence-corrected chi connectivity index (χ1v) is 5.07. The van der Waals surface area contributed by atoms with Gasteiger partial charge in [0.1, 0.15) is 11.6 Å². The molecule has 1 aromatic carbocycles. The summed E-state index contributed by atoms with van der Waals surface area (Å²) in [4.78, 5) is 13.8. The molecule has 0 amide bonds. The highest BCUT2D eigenvalue weighted by Crippen LogP contribution is 2.26. The molecule has 0 aliphatic rings. The molecule has 0 saturated heterocycles. The number of H-pyrrole nitrogens is 1. The Morgan fingerprint density at radius 3 is 2.44 bits per heavy atom. The molecule has 0 bridgehead atoms. The molecule has 0 aliphatic carbocycles. The van der Waals surface area contributed by atoms with Crippen molar-refractivity contribution in [2.24, 2.45) is 0 Å². The van der Waals surface area contributed by atoms with E-state index in [2.05, 4.69) is 4.98 Å². The molecule has 2 rings (SSSR count). The van der Waals surface area contributed by atoms with Crippen LogP contribution in [0.5, 0.6) is 0 Å². The van der Waals surface area contributed by atoms with Gasteiger partial charge < -0.3 is 4.42 Å². The number of nitrogens with one attached hydrogen (secondary N) is 1. The Hall–Kier alpha value is -1.84. The second kappa shape index (κ2) is 3.96. The SMILES string of the molecule is CC(C)c1oc(=O)[nH]c1-c1ccc(F)cc1. The summed E-state index contributed by atoms with van der Waals surface area (Å²) in [7, 11) is 0. The fourth-order valence-corrected chi connectivity index (χ4v) is 1.58. The average molecular weight is 221 g/mol. The van der Waals surface area contributed by atoms with E-state index < -0.39 is 5.76 Å². The van der Waals surface area contributed by atoms with Gasteiger partial charge in [-0.3, -0.25) is 4.98 Å². The molecule has 3 nitrogen and oxygen atoms in total. The third-order valence-corrected chi connectivity index (χ3v) is 2.33. The van der Waals surface area contributed by atoms with Crippen molar-refractivity contribution in [2.75, 3.05) is 0 Å². The molecule has 84 valence electrons. The van der Waals surface area contributed by atoms with Crippen LogP contribution in [0.3, 0.4) is 0 Å². The first-order chi connectivity index (χ1) is 7.58. The van der Waals surface area contributed by atoms with Crippen molar-refractivity contribution in [1.82, 2.24) is 4.98 Å². The maximum Gasteiger partial charge on any atom is 0.416 e. The zero-order valence-electron chi connectivity index (χ0n) is 9.08. The molecule has 1 heterocycles. The minimum Gasteiger partial charge on any atom is -0.412 e. The van der Waals surface area contributed by atoms with Gasteiger partial charge in [-0.05, 0) is 24.3 Å². The minimum absolute atomic E-state index is 0.0963. The van der Waals surface area contributed by atoms with Gasteiger partial charge in [0.15, 0.2) is 0 Å². The predicted octanol–water partition coefficient (Wildman–Crippen LogP) is 2.90. The van der Waals surface area contributed by atoms with Crippen molar-refractivity contribution in [1.29, 1.82) is 0 Å². The molecular weight excluding hydrogens is 209 g/mol. The van der Waals surface area contributed by atoms with Crippen molar-refractivity contribution in [3.8, 4) is 11.3 Å². The van der Waals surface area contributed by atoms with Crippen LogP contribution in [0.2, 0.25) is 0 Å². The highest BCUT2D eigenvalue weighted by molar-refractivity contribution is 5.61. The molecule has 0 saturated carbocycles. The molecule has 0 unspecified atom stereocenters. The second-order valence-electron chi connectivity index (χ2n) is 3.92. The van der Waals surface area contributed by atoms with Gasteiger partial charge in [-0.25, -0.2) is 9.18 Å². The van der Waals surface area contributed by atoms with E-state index in [0.717, 1.165) is 5.56 Å². The Morgan fingerprint density at radius 1 is 1.25 bits per heavy atom. The quantitative estimate of drug-likeness (QED) is 0.847. The van der Waals surface area contributed by atoms with Gasteiger partial charge >= 0.3 is 5.76 Å². The lowest BCUT2D eigenvalue weighted by atomic mass is 10.0. The van der Waals surface area contributed by atoms with Crippen LogP contribution < -0.4 is 5.76 Å². The molecule has 16 heavy (non-hydrogen) atoms. The van der Waals surface area contributed by atoms with Crippen LogP contribution in [0, 0.1) is 5.82 Å². The number of halogens is 1. The number of rotatable bonds is 2. The van der Waals surface area contributed by atoms with Gasteiger partial charge in [0, 0.05) is 11.5 Å². The van der Waals surface area contributed by atoms with Gasteiger partial charge in [0.2, 0.25) is 0 Å². The van der Waals surface area contributed by atoms with Crippen LogP contribution in [-0.4, -0.2) is 4.98 Å². The maximum absolute atomic E-state index is 12.8. The summed E-state index contributed by atoms with van der Waals surface area (Å²) in [5.41, 5.74) is 1.37. The predicted molar refractivity (Wildman–Crippen MR) is 58.8 cm³/mol. The number of benzene rings is 1. The third kappa shape index (κ3) is 1.91. The Labute approximate surface area is 91.9 Å². The van der Waals surface area contributed by atoms with Crippen molar-refractivity contribution >= 4 is 0 Å². The second-order valence-corrected chi connectivity index (χ2v) is 3.92. The zero-order valence-corrected chi connectivity index (χ0v) is 9.08. The topological polar surface area (TPSA) is 46.0 Å². The molecule has 0 atom stereocenters. The summed E-state index contributed by atoms with van der Waals surface area (Å²) in [5.74, 6) is -0.0978. The van der Waals surface area contributed by atoms with Crippen LogP contribution in [0.1, 0.15) is 25.5 Å². The van der Waals surface area contributed by atoms with Crippen molar-refractivity contribution in [3.05, 3.63) is 46.4 Å². The number of hydrogen-bond acceptors (Lipinski definition) is 2. The van der Waals surface area contributed by atoms with E-state index in [0.29, 0.717) is 11.5 Å². The van der Waals surface area contributed by atoms with E-state index in [9.17, 15) is 9.18 Å². The minimum atomic E-state index is -0.483. The fourth-order valence-electron chi connectivity index (χ4n) is 1.58. The summed E-state index contributed by atoms with van der Waals surface area (Å²) in [6.45, 7) is 3.86. The Balaban J connectivity index is 2.55. The van der Waals surface area contributed by atoms with Gasteiger partial charge in [0.25, 0.3) is 0 Å². The van der Waals surface area contributed by atoms with E-state index in [1.54, 1.807) is 12.1 Å². The van der Waals surface area contributed by atoms with Crippen molar-refractivity contribution in [3.63, 3.8) is 0 Å². The fraction of sp³-hybridized carbons (Fsp3) is 0.250. The van der Waals surface area contributed by atoms with E-state index in [-0.39, 0.29) is 11.7 Å². The summed E-state index contributed by atoms with van der Waals surface area (Å²) < 4.78 is 17.8. The van der Waals surface area contributed by atoms with Crippen LogP contribution >= 0.6 is 0 Å². The number of aromatic amines is 1. The van der Waals surface area contributed by atoms with Gasteiger partial charge in [-0.1, -0.05) is 13.8 Å². The van der Waals surface area contributed by atoms with E-state index in [1.165, 1.54) is 12.1 Å². The van der Waals surface area contributed by atoms with Crippen molar-refractivity contribution in [2.45, 2.75) is 19.8 Å². The highest BCUT2D eigenvalue weighted by Gasteiger charge is 2.14. The molecule has 2 aromatic rings. The number of hydrogen-bond donors (Lipinski definition) is 1. The first-order valence-electron chi connectivity index (χ1n) is 5.07. The summed E-state index contributed by atoms with van der Waals surface area (Å²) in [6.07, 6.45) is 0. The molecular formula is C12H12FNO2. The lowest BCUT2D eigenvalue weighted by Gasteiger charge is -2.03. The lowest BCUT2D eigenvalue weighted by molar-refractivity contribution is 0.451. The maximum atomic E-state index is 12.8. The number of oxazole rings is 1. The first kappa shape index (κ1) is 10.7. The van der Waals surface area contributed by atoms with Crippen LogP contribution in [0.25, 0.3) is 11.3 Å². The smallest absolute Gasteiger partial charge is 0.412 e. The van der Waals surface area contributed by atoms with Crippen molar-refractivity contribution < 1.29 is 8.81 Å². The molecule has 0 aliphatic heterocycles. The van der Waals surface area contributed by atoms with E-state index >= 15 is 0 Å². The monoisotopic (exact) mass is 221 g/mol. The zero-order chi connectivity index (χ0) is 11.7. The van der Waals surface area contributed by atoms with Gasteiger partial charge in [0.05, 0.1) is 5.69 Å². The molecule has 0 spiro atoms. The largest absolute Gasteiger partial charge is 0.416 e. The molecule has 0 fully saturated rings. The summed E-state index contributed by atoms with van der Waals surface area (Å²) in [5, 5.41) is 0.